The minimum Gasteiger partial charge on any atom is -0.480 e. The number of hydrogen-bond acceptors (Lipinski definition) is 3. The zero-order valence-electron chi connectivity index (χ0n) is 11.8. The van der Waals surface area contributed by atoms with Gasteiger partial charge in [-0.2, -0.15) is 0 Å². The van der Waals surface area contributed by atoms with E-state index in [-0.39, 0.29) is 13.0 Å². The number of rotatable bonds is 3. The van der Waals surface area contributed by atoms with Crippen molar-refractivity contribution in [3.8, 4) is 5.75 Å². The fourth-order valence-corrected chi connectivity index (χ4v) is 2.45. The number of carboxylic acids is 1. The molecular formula is C14H13F4NO4. The van der Waals surface area contributed by atoms with Gasteiger partial charge in [0, 0.05) is 6.54 Å². The molecule has 0 unspecified atom stereocenters. The minimum atomic E-state index is -4.98. The lowest BCUT2D eigenvalue weighted by Gasteiger charge is -2.33. The van der Waals surface area contributed by atoms with Gasteiger partial charge in [0.2, 0.25) is 0 Å². The smallest absolute Gasteiger partial charge is 0.480 e. The maximum Gasteiger partial charge on any atom is 0.573 e. The van der Waals surface area contributed by atoms with Crippen LogP contribution in [0.2, 0.25) is 0 Å². The fraction of sp³-hybridized carbons (Fsp3) is 0.429. The summed E-state index contributed by atoms with van der Waals surface area (Å²) >= 11 is 0. The lowest BCUT2D eigenvalue weighted by atomic mass is 10.0. The number of likely N-dealkylation sites (tertiary alicyclic amines) is 1. The Kier molecular flexibility index (Phi) is 4.76. The maximum absolute atomic E-state index is 13.8. The molecule has 0 spiro atoms. The van der Waals surface area contributed by atoms with Crippen molar-refractivity contribution in [3.63, 3.8) is 0 Å². The first-order chi connectivity index (χ1) is 10.7. The van der Waals surface area contributed by atoms with Crippen LogP contribution in [-0.4, -0.2) is 40.8 Å². The third kappa shape index (κ3) is 4.11. The molecule has 0 saturated carbocycles. The number of carboxylic acid groups (broad SMARTS) is 1. The molecule has 126 valence electrons. The third-order valence-corrected chi connectivity index (χ3v) is 3.45. The largest absolute Gasteiger partial charge is 0.573 e. The lowest BCUT2D eigenvalue weighted by molar-refractivity contribution is -0.274. The Hall–Kier alpha value is -2.32. The van der Waals surface area contributed by atoms with E-state index < -0.39 is 41.4 Å². The molecule has 1 aromatic carbocycles. The van der Waals surface area contributed by atoms with Crippen LogP contribution in [0.3, 0.4) is 0 Å². The number of carbonyl (C=O) groups is 2. The first kappa shape index (κ1) is 17.0. The number of alkyl halides is 3. The standard InChI is InChI=1S/C14H13F4NO4/c15-10-5-4-8(23-14(16,17)18)7-9(10)12(20)19-6-2-1-3-11(19)13(21)22/h4-5,7,11H,1-3,6H2,(H,21,22)/t11-/m1/s1. The van der Waals surface area contributed by atoms with Gasteiger partial charge in [0.1, 0.15) is 17.6 Å². The van der Waals surface area contributed by atoms with E-state index in [4.69, 9.17) is 5.11 Å². The van der Waals surface area contributed by atoms with Crippen LogP contribution in [0.15, 0.2) is 18.2 Å². The Balaban J connectivity index is 2.30. The van der Waals surface area contributed by atoms with Crippen LogP contribution in [0.4, 0.5) is 17.6 Å². The molecule has 1 aliphatic heterocycles. The van der Waals surface area contributed by atoms with E-state index in [1.807, 2.05) is 0 Å². The second kappa shape index (κ2) is 6.43. The van der Waals surface area contributed by atoms with Crippen molar-refractivity contribution in [1.29, 1.82) is 0 Å². The zero-order chi connectivity index (χ0) is 17.2. The summed E-state index contributed by atoms with van der Waals surface area (Å²) in [6.45, 7) is 0.0968. The zero-order valence-corrected chi connectivity index (χ0v) is 11.8. The van der Waals surface area contributed by atoms with Gasteiger partial charge in [-0.25, -0.2) is 9.18 Å². The van der Waals surface area contributed by atoms with Crippen molar-refractivity contribution in [2.45, 2.75) is 31.7 Å². The molecule has 1 heterocycles. The van der Waals surface area contributed by atoms with Gasteiger partial charge in [-0.05, 0) is 37.5 Å². The summed E-state index contributed by atoms with van der Waals surface area (Å²) in [4.78, 5) is 24.5. The number of amides is 1. The number of ether oxygens (including phenoxy) is 1. The molecule has 5 nitrogen and oxygen atoms in total. The Morgan fingerprint density at radius 1 is 1.26 bits per heavy atom. The summed E-state index contributed by atoms with van der Waals surface area (Å²) in [5.74, 6) is -3.99. The van der Waals surface area contributed by atoms with Crippen LogP contribution >= 0.6 is 0 Å². The fourth-order valence-electron chi connectivity index (χ4n) is 2.45. The molecule has 9 heteroatoms. The molecule has 1 fully saturated rings. The molecular weight excluding hydrogens is 322 g/mol. The molecule has 1 amide bonds. The van der Waals surface area contributed by atoms with E-state index in [0.717, 1.165) is 11.0 Å². The highest BCUT2D eigenvalue weighted by Gasteiger charge is 2.35. The number of hydrogen-bond donors (Lipinski definition) is 1. The Labute approximate surface area is 128 Å². The molecule has 1 N–H and O–H groups in total. The molecule has 1 saturated heterocycles. The summed E-state index contributed by atoms with van der Waals surface area (Å²) < 4.78 is 54.1. The second-order valence-electron chi connectivity index (χ2n) is 5.04. The molecule has 1 atom stereocenters. The number of piperidine rings is 1. The van der Waals surface area contributed by atoms with Crippen LogP contribution in [0.5, 0.6) is 5.75 Å². The van der Waals surface area contributed by atoms with E-state index in [1.54, 1.807) is 0 Å². The molecule has 2 rings (SSSR count). The molecule has 0 bridgehead atoms. The van der Waals surface area contributed by atoms with Gasteiger partial charge in [-0.3, -0.25) is 4.79 Å². The van der Waals surface area contributed by atoms with Gasteiger partial charge in [0.05, 0.1) is 5.56 Å². The number of carbonyl (C=O) groups excluding carboxylic acids is 1. The topological polar surface area (TPSA) is 66.8 Å². The summed E-state index contributed by atoms with van der Waals surface area (Å²) in [5.41, 5.74) is -0.653. The SMILES string of the molecule is O=C(O)[C@H]1CCCCN1C(=O)c1cc(OC(F)(F)F)ccc1F. The van der Waals surface area contributed by atoms with Crippen LogP contribution < -0.4 is 4.74 Å². The Morgan fingerprint density at radius 2 is 1.96 bits per heavy atom. The normalized spacial score (nSPS) is 18.6. The summed E-state index contributed by atoms with van der Waals surface area (Å²) in [5, 5.41) is 9.12. The van der Waals surface area contributed by atoms with Crippen molar-refractivity contribution < 1.29 is 37.0 Å². The van der Waals surface area contributed by atoms with Crippen molar-refractivity contribution >= 4 is 11.9 Å². The average Bonchev–Trinajstić information content (AvgIpc) is 2.47. The maximum atomic E-state index is 13.8. The van der Waals surface area contributed by atoms with Gasteiger partial charge < -0.3 is 14.7 Å². The van der Waals surface area contributed by atoms with Gasteiger partial charge in [-0.1, -0.05) is 0 Å². The molecule has 23 heavy (non-hydrogen) atoms. The Bertz CT molecular complexity index is 617. The van der Waals surface area contributed by atoms with Crippen LogP contribution in [0.1, 0.15) is 29.6 Å². The second-order valence-corrected chi connectivity index (χ2v) is 5.04. The van der Waals surface area contributed by atoms with Crippen molar-refractivity contribution in [3.05, 3.63) is 29.6 Å². The van der Waals surface area contributed by atoms with Crippen molar-refractivity contribution in [2.75, 3.05) is 6.54 Å². The van der Waals surface area contributed by atoms with E-state index >= 15 is 0 Å². The Morgan fingerprint density at radius 3 is 2.57 bits per heavy atom. The number of halogens is 4. The van der Waals surface area contributed by atoms with Gasteiger partial charge in [0.25, 0.3) is 5.91 Å². The number of nitrogens with zero attached hydrogens (tertiary/aromatic N) is 1. The quantitative estimate of drug-likeness (QED) is 0.863. The lowest BCUT2D eigenvalue weighted by Crippen LogP contribution is -2.48. The van der Waals surface area contributed by atoms with Gasteiger partial charge in [0.15, 0.2) is 0 Å². The first-order valence-corrected chi connectivity index (χ1v) is 6.78. The van der Waals surface area contributed by atoms with Crippen LogP contribution in [-0.2, 0) is 4.79 Å². The number of benzene rings is 1. The van der Waals surface area contributed by atoms with E-state index in [2.05, 4.69) is 4.74 Å². The average molecular weight is 335 g/mol. The highest BCUT2D eigenvalue weighted by Crippen LogP contribution is 2.27. The molecule has 1 aromatic rings. The highest BCUT2D eigenvalue weighted by atomic mass is 19.4. The van der Waals surface area contributed by atoms with Crippen molar-refractivity contribution in [1.82, 2.24) is 4.90 Å². The van der Waals surface area contributed by atoms with Crippen molar-refractivity contribution in [2.24, 2.45) is 0 Å². The van der Waals surface area contributed by atoms with Crippen LogP contribution in [0.25, 0.3) is 0 Å². The third-order valence-electron chi connectivity index (χ3n) is 3.45. The molecule has 0 radical (unpaired) electrons. The molecule has 0 aromatic heterocycles. The highest BCUT2D eigenvalue weighted by molar-refractivity contribution is 5.97. The van der Waals surface area contributed by atoms with E-state index in [1.165, 1.54) is 0 Å². The van der Waals surface area contributed by atoms with Gasteiger partial charge >= 0.3 is 12.3 Å². The van der Waals surface area contributed by atoms with E-state index in [9.17, 15) is 27.2 Å². The first-order valence-electron chi connectivity index (χ1n) is 6.78. The van der Waals surface area contributed by atoms with E-state index in [0.29, 0.717) is 25.0 Å². The predicted molar refractivity (Wildman–Crippen MR) is 69.4 cm³/mol. The summed E-state index contributed by atoms with van der Waals surface area (Å²) in [7, 11) is 0. The van der Waals surface area contributed by atoms with Crippen LogP contribution in [0, 0.1) is 5.82 Å². The minimum absolute atomic E-state index is 0.0968. The number of aliphatic carboxylic acids is 1. The monoisotopic (exact) mass is 335 g/mol. The van der Waals surface area contributed by atoms with Gasteiger partial charge in [-0.15, -0.1) is 13.2 Å². The summed E-state index contributed by atoms with van der Waals surface area (Å²) in [6.07, 6.45) is -3.63. The molecule has 0 aliphatic carbocycles. The summed E-state index contributed by atoms with van der Waals surface area (Å²) in [6, 6.07) is 0.917. The molecule has 1 aliphatic rings. The predicted octanol–water partition coefficient (Wildman–Crippen LogP) is 2.80.